The molecule has 1 aliphatic rings. The van der Waals surface area contributed by atoms with E-state index in [1.807, 2.05) is 18.2 Å². The zero-order chi connectivity index (χ0) is 23.2. The first kappa shape index (κ1) is 23.0. The van der Waals surface area contributed by atoms with E-state index in [9.17, 15) is 14.7 Å². The molecule has 7 nitrogen and oxygen atoms in total. The van der Waals surface area contributed by atoms with Crippen molar-refractivity contribution in [3.05, 3.63) is 65.2 Å². The van der Waals surface area contributed by atoms with Crippen LogP contribution in [0.2, 0.25) is 5.02 Å². The Labute approximate surface area is 198 Å². The van der Waals surface area contributed by atoms with E-state index in [4.69, 9.17) is 16.6 Å². The number of hydrogen-bond acceptors (Lipinski definition) is 5. The number of nitrogens with one attached hydrogen (secondary N) is 1. The number of carbonyl (C=O) groups excluding carboxylic acids is 1. The molecule has 0 spiro atoms. The Hall–Kier alpha value is -3.16. The molecule has 0 saturated carbocycles. The molecule has 0 radical (unpaired) electrons. The Kier molecular flexibility index (Phi) is 7.42. The molecular formula is C25H27ClN4O3. The van der Waals surface area contributed by atoms with Crippen molar-refractivity contribution in [1.29, 1.82) is 0 Å². The summed E-state index contributed by atoms with van der Waals surface area (Å²) in [5.41, 5.74) is 1.17. The van der Waals surface area contributed by atoms with Crippen LogP contribution in [0.5, 0.6) is 0 Å². The van der Waals surface area contributed by atoms with Gasteiger partial charge in [0.05, 0.1) is 16.2 Å². The van der Waals surface area contributed by atoms with Gasteiger partial charge in [-0.1, -0.05) is 35.9 Å². The fourth-order valence-corrected chi connectivity index (χ4v) is 4.37. The predicted molar refractivity (Wildman–Crippen MR) is 131 cm³/mol. The fourth-order valence-electron chi connectivity index (χ4n) is 4.11. The highest BCUT2D eigenvalue weighted by Crippen LogP contribution is 2.24. The molecular weight excluding hydrogens is 440 g/mol. The Morgan fingerprint density at radius 1 is 0.970 bits per heavy atom. The van der Waals surface area contributed by atoms with Gasteiger partial charge in [-0.3, -0.25) is 9.69 Å². The number of rotatable bonds is 8. The summed E-state index contributed by atoms with van der Waals surface area (Å²) in [6.45, 7) is 4.72. The number of aromatic carboxylic acids is 1. The average Bonchev–Trinajstić information content (AvgIpc) is 2.82. The smallest absolute Gasteiger partial charge is 0.339 e. The molecule has 1 fully saturated rings. The Balaban J connectivity index is 1.19. The first-order chi connectivity index (χ1) is 16.0. The van der Waals surface area contributed by atoms with Crippen molar-refractivity contribution in [3.63, 3.8) is 0 Å². The molecule has 33 heavy (non-hydrogen) atoms. The zero-order valence-electron chi connectivity index (χ0n) is 18.3. The highest BCUT2D eigenvalue weighted by Gasteiger charge is 2.19. The second kappa shape index (κ2) is 10.6. The second-order valence-electron chi connectivity index (χ2n) is 8.16. The van der Waals surface area contributed by atoms with E-state index in [-0.39, 0.29) is 22.2 Å². The van der Waals surface area contributed by atoms with E-state index < -0.39 is 5.97 Å². The van der Waals surface area contributed by atoms with Gasteiger partial charge in [0.2, 0.25) is 5.91 Å². The molecule has 1 aromatic heterocycles. The molecule has 172 valence electrons. The van der Waals surface area contributed by atoms with Crippen molar-refractivity contribution in [3.8, 4) is 0 Å². The van der Waals surface area contributed by atoms with Gasteiger partial charge in [0, 0.05) is 38.0 Å². The van der Waals surface area contributed by atoms with Crippen LogP contribution in [0.25, 0.3) is 10.9 Å². The molecule has 8 heteroatoms. The number of pyridine rings is 1. The molecule has 0 unspecified atom stereocenters. The first-order valence-electron chi connectivity index (χ1n) is 11.2. The largest absolute Gasteiger partial charge is 0.478 e. The molecule has 1 amide bonds. The summed E-state index contributed by atoms with van der Waals surface area (Å²) < 4.78 is 0. The topological polar surface area (TPSA) is 85.8 Å². The van der Waals surface area contributed by atoms with Crippen molar-refractivity contribution < 1.29 is 14.7 Å². The average molecular weight is 467 g/mol. The number of unbranched alkanes of at least 4 members (excludes halogenated alkanes) is 1. The third-order valence-electron chi connectivity index (χ3n) is 5.91. The summed E-state index contributed by atoms with van der Waals surface area (Å²) in [4.78, 5) is 33.2. The number of carbonyl (C=O) groups is 2. The number of carboxylic acid groups (broad SMARTS) is 1. The lowest BCUT2D eigenvalue weighted by Gasteiger charge is -2.35. The van der Waals surface area contributed by atoms with Crippen molar-refractivity contribution >= 4 is 45.9 Å². The number of halogens is 1. The van der Waals surface area contributed by atoms with Gasteiger partial charge in [0.1, 0.15) is 11.4 Å². The third kappa shape index (κ3) is 5.80. The summed E-state index contributed by atoms with van der Waals surface area (Å²) >= 11 is 5.95. The zero-order valence-corrected chi connectivity index (χ0v) is 19.1. The van der Waals surface area contributed by atoms with E-state index in [0.717, 1.165) is 62.3 Å². The maximum absolute atomic E-state index is 12.3. The number of piperazine rings is 1. The van der Waals surface area contributed by atoms with Gasteiger partial charge in [-0.2, -0.15) is 0 Å². The highest BCUT2D eigenvalue weighted by molar-refractivity contribution is 6.34. The minimum atomic E-state index is -1.16. The molecule has 0 atom stereocenters. The van der Waals surface area contributed by atoms with Gasteiger partial charge >= 0.3 is 5.97 Å². The summed E-state index contributed by atoms with van der Waals surface area (Å²) in [6.07, 6.45) is 1.98. The van der Waals surface area contributed by atoms with Gasteiger partial charge < -0.3 is 15.3 Å². The number of carboxylic acids is 1. The van der Waals surface area contributed by atoms with E-state index >= 15 is 0 Å². The minimum absolute atomic E-state index is 0.0775. The standard InChI is InChI=1S/C25H27ClN4O3/c26-19-7-5-9-21(24(19)25(32)33)28-23(31)10-3-4-13-29-14-16-30(17-15-29)22-12-11-18-6-1-2-8-20(18)27-22/h1-2,5-9,11-12H,3-4,10,13-17H2,(H,28,31)(H,32,33). The van der Waals surface area contributed by atoms with Crippen LogP contribution in [0.15, 0.2) is 54.6 Å². The lowest BCUT2D eigenvalue weighted by atomic mass is 10.1. The maximum atomic E-state index is 12.3. The Morgan fingerprint density at radius 3 is 2.55 bits per heavy atom. The lowest BCUT2D eigenvalue weighted by molar-refractivity contribution is -0.116. The molecule has 2 heterocycles. The van der Waals surface area contributed by atoms with Crippen molar-refractivity contribution in [1.82, 2.24) is 9.88 Å². The monoisotopic (exact) mass is 466 g/mol. The van der Waals surface area contributed by atoms with Gasteiger partial charge in [0.25, 0.3) is 0 Å². The Morgan fingerprint density at radius 2 is 1.76 bits per heavy atom. The fraction of sp³-hybridized carbons (Fsp3) is 0.320. The number of fused-ring (bicyclic) bond motifs is 1. The highest BCUT2D eigenvalue weighted by atomic mass is 35.5. The van der Waals surface area contributed by atoms with E-state index in [1.165, 1.54) is 6.07 Å². The van der Waals surface area contributed by atoms with E-state index in [0.29, 0.717) is 6.42 Å². The number of hydrogen-bond donors (Lipinski definition) is 2. The first-order valence-corrected chi connectivity index (χ1v) is 11.5. The van der Waals surface area contributed by atoms with Crippen molar-refractivity contribution in [2.75, 3.05) is 42.9 Å². The summed E-state index contributed by atoms with van der Waals surface area (Å²) in [5, 5.41) is 13.2. The molecule has 1 saturated heterocycles. The second-order valence-corrected chi connectivity index (χ2v) is 8.57. The number of nitrogens with zero attached hydrogens (tertiary/aromatic N) is 3. The molecule has 0 aliphatic carbocycles. The summed E-state index contributed by atoms with van der Waals surface area (Å²) in [5.74, 6) is -0.340. The summed E-state index contributed by atoms with van der Waals surface area (Å²) in [7, 11) is 0. The van der Waals surface area contributed by atoms with Gasteiger partial charge in [0.15, 0.2) is 0 Å². The van der Waals surface area contributed by atoms with Crippen LogP contribution in [0.4, 0.5) is 11.5 Å². The normalized spacial score (nSPS) is 14.4. The van der Waals surface area contributed by atoms with Gasteiger partial charge in [-0.15, -0.1) is 0 Å². The van der Waals surface area contributed by atoms with E-state index in [2.05, 4.69) is 33.3 Å². The maximum Gasteiger partial charge on any atom is 0.339 e. The molecule has 0 bridgehead atoms. The van der Waals surface area contributed by atoms with Gasteiger partial charge in [-0.25, -0.2) is 9.78 Å². The van der Waals surface area contributed by atoms with Crippen LogP contribution in [0, 0.1) is 0 Å². The summed E-state index contributed by atoms with van der Waals surface area (Å²) in [6, 6.07) is 17.0. The molecule has 3 aromatic rings. The van der Waals surface area contributed by atoms with Crippen molar-refractivity contribution in [2.45, 2.75) is 19.3 Å². The van der Waals surface area contributed by atoms with Crippen LogP contribution < -0.4 is 10.2 Å². The lowest BCUT2D eigenvalue weighted by Crippen LogP contribution is -2.46. The number of para-hydroxylation sites is 1. The molecule has 1 aliphatic heterocycles. The molecule has 4 rings (SSSR count). The number of aromatic nitrogens is 1. The van der Waals surface area contributed by atoms with Crippen LogP contribution in [-0.2, 0) is 4.79 Å². The SMILES string of the molecule is O=C(CCCCN1CCN(c2ccc3ccccc3n2)CC1)Nc1cccc(Cl)c1C(=O)O. The predicted octanol–water partition coefficient (Wildman–Crippen LogP) is 4.52. The van der Waals surface area contributed by atoms with Crippen molar-refractivity contribution in [2.24, 2.45) is 0 Å². The number of amides is 1. The van der Waals surface area contributed by atoms with Crippen LogP contribution in [0.3, 0.4) is 0 Å². The van der Waals surface area contributed by atoms with Crippen LogP contribution in [-0.4, -0.2) is 59.6 Å². The number of benzene rings is 2. The minimum Gasteiger partial charge on any atom is -0.478 e. The third-order valence-corrected chi connectivity index (χ3v) is 6.22. The quantitative estimate of drug-likeness (QED) is 0.475. The van der Waals surface area contributed by atoms with Crippen LogP contribution >= 0.6 is 11.6 Å². The van der Waals surface area contributed by atoms with E-state index in [1.54, 1.807) is 12.1 Å². The van der Waals surface area contributed by atoms with Crippen LogP contribution in [0.1, 0.15) is 29.6 Å². The Bertz CT molecular complexity index is 1150. The van der Waals surface area contributed by atoms with Gasteiger partial charge in [-0.05, 0) is 49.7 Å². The number of anilines is 2. The molecule has 2 aromatic carbocycles. The molecule has 2 N–H and O–H groups in total.